The molecule has 144 valence electrons. The summed E-state index contributed by atoms with van der Waals surface area (Å²) in [6, 6.07) is 14.4. The minimum Gasteiger partial charge on any atom is -0.497 e. The molecule has 2 N–H and O–H groups in total. The van der Waals surface area contributed by atoms with Crippen LogP contribution in [0, 0.1) is 6.92 Å². The van der Waals surface area contributed by atoms with Gasteiger partial charge in [0.1, 0.15) is 16.8 Å². The van der Waals surface area contributed by atoms with E-state index in [-0.39, 0.29) is 11.9 Å². The van der Waals surface area contributed by atoms with Crippen LogP contribution in [0.5, 0.6) is 5.75 Å². The number of hydrogen-bond acceptors (Lipinski definition) is 6. The average Bonchev–Trinajstić information content (AvgIpc) is 3.07. The number of carbonyl (C=O) groups is 1. The monoisotopic (exact) mass is 415 g/mol. The highest BCUT2D eigenvalue weighted by Gasteiger charge is 2.37. The zero-order chi connectivity index (χ0) is 19.7. The maximum Gasteiger partial charge on any atom is 0.240 e. The van der Waals surface area contributed by atoms with E-state index in [4.69, 9.17) is 16.3 Å². The number of nitrogens with zero attached hydrogens (tertiary/aromatic N) is 3. The molecule has 0 spiro atoms. The molecule has 1 aromatic heterocycles. The summed E-state index contributed by atoms with van der Waals surface area (Å²) in [5, 5.41) is 12.0. The third-order valence-corrected chi connectivity index (χ3v) is 5.87. The van der Waals surface area contributed by atoms with Crippen molar-refractivity contribution in [3.05, 3.63) is 64.9 Å². The Kier molecular flexibility index (Phi) is 5.15. The van der Waals surface area contributed by atoms with E-state index in [2.05, 4.69) is 20.9 Å². The molecule has 0 saturated heterocycles. The molecule has 0 saturated carbocycles. The highest BCUT2D eigenvalue weighted by atomic mass is 35.5. The zero-order valence-corrected chi connectivity index (χ0v) is 16.8. The van der Waals surface area contributed by atoms with Gasteiger partial charge < -0.3 is 15.5 Å². The molecule has 2 aromatic carbocycles. The third kappa shape index (κ3) is 3.65. The maximum absolute atomic E-state index is 13.1. The predicted octanol–water partition coefficient (Wildman–Crippen LogP) is 3.65. The van der Waals surface area contributed by atoms with Gasteiger partial charge in [-0.2, -0.15) is 0 Å². The van der Waals surface area contributed by atoms with Crippen molar-refractivity contribution in [3.8, 4) is 5.75 Å². The molecule has 1 aliphatic rings. The summed E-state index contributed by atoms with van der Waals surface area (Å²) in [4.78, 5) is 13.1. The summed E-state index contributed by atoms with van der Waals surface area (Å²) in [7, 11) is 1.62. The van der Waals surface area contributed by atoms with Gasteiger partial charge in [-0.05, 0) is 42.8 Å². The fourth-order valence-electron chi connectivity index (χ4n) is 3.00. The number of amides is 1. The Morgan fingerprint density at radius 1 is 1.25 bits per heavy atom. The van der Waals surface area contributed by atoms with Crippen LogP contribution in [0.3, 0.4) is 0 Å². The van der Waals surface area contributed by atoms with Crippen LogP contribution >= 0.6 is 23.4 Å². The third-order valence-electron chi connectivity index (χ3n) is 4.42. The Bertz CT molecular complexity index is 1010. The van der Waals surface area contributed by atoms with Crippen LogP contribution in [-0.2, 0) is 4.79 Å². The number of methoxy groups -OCH3 is 1. The topological polar surface area (TPSA) is 81.1 Å². The number of rotatable bonds is 4. The van der Waals surface area contributed by atoms with Crippen molar-refractivity contribution in [2.24, 2.45) is 0 Å². The lowest BCUT2D eigenvalue weighted by Crippen LogP contribution is -2.41. The molecule has 1 aliphatic heterocycles. The number of carbonyl (C=O) groups excluding carboxylic acids is 1. The van der Waals surface area contributed by atoms with E-state index in [9.17, 15) is 4.79 Å². The number of aromatic nitrogens is 3. The number of benzene rings is 2. The van der Waals surface area contributed by atoms with Crippen molar-refractivity contribution >= 4 is 35.0 Å². The lowest BCUT2D eigenvalue weighted by atomic mass is 10.0. The van der Waals surface area contributed by atoms with Crippen molar-refractivity contribution in [2.45, 2.75) is 23.4 Å². The number of halogens is 1. The van der Waals surface area contributed by atoms with Crippen LogP contribution in [0.15, 0.2) is 53.7 Å². The first-order chi connectivity index (χ1) is 13.5. The normalized spacial score (nSPS) is 18.1. The van der Waals surface area contributed by atoms with E-state index < -0.39 is 5.25 Å². The summed E-state index contributed by atoms with van der Waals surface area (Å²) in [5.41, 5.74) is 4.98. The highest BCUT2D eigenvalue weighted by molar-refractivity contribution is 8.00. The molecular formula is C19H18ClN5O2S. The molecule has 28 heavy (non-hydrogen) atoms. The Morgan fingerprint density at radius 2 is 2.04 bits per heavy atom. The molecular weight excluding hydrogens is 398 g/mol. The molecule has 0 bridgehead atoms. The van der Waals surface area contributed by atoms with E-state index in [1.54, 1.807) is 31.4 Å². The van der Waals surface area contributed by atoms with Gasteiger partial charge in [-0.1, -0.05) is 41.6 Å². The van der Waals surface area contributed by atoms with Crippen molar-refractivity contribution in [1.29, 1.82) is 0 Å². The SMILES string of the molecule is COc1ccc([C@H]2Nn3c(C)nnc3S[C@H]2C(=O)Nc2cccc(Cl)c2)cc1. The van der Waals surface area contributed by atoms with Crippen LogP contribution in [0.4, 0.5) is 5.69 Å². The molecule has 0 radical (unpaired) electrons. The molecule has 0 unspecified atom stereocenters. The molecule has 0 fully saturated rings. The highest BCUT2D eigenvalue weighted by Crippen LogP contribution is 2.38. The van der Waals surface area contributed by atoms with Crippen LogP contribution in [0.2, 0.25) is 5.02 Å². The molecule has 2 atom stereocenters. The number of thioether (sulfide) groups is 1. The number of nitrogens with one attached hydrogen (secondary N) is 2. The van der Waals surface area contributed by atoms with Crippen LogP contribution in [0.25, 0.3) is 0 Å². The number of hydrogen-bond donors (Lipinski definition) is 2. The Balaban J connectivity index is 1.65. The Hall–Kier alpha value is -2.71. The summed E-state index contributed by atoms with van der Waals surface area (Å²) >= 11 is 7.41. The second-order valence-electron chi connectivity index (χ2n) is 6.28. The van der Waals surface area contributed by atoms with E-state index in [0.717, 1.165) is 17.1 Å². The van der Waals surface area contributed by atoms with Gasteiger partial charge in [-0.3, -0.25) is 4.79 Å². The second-order valence-corrected chi connectivity index (χ2v) is 7.83. The van der Waals surface area contributed by atoms with E-state index in [1.807, 2.05) is 35.9 Å². The fraction of sp³-hybridized carbons (Fsp3) is 0.211. The number of fused-ring (bicyclic) bond motifs is 1. The van der Waals surface area contributed by atoms with Crippen LogP contribution in [-0.4, -0.2) is 33.1 Å². The van der Waals surface area contributed by atoms with Gasteiger partial charge in [0.15, 0.2) is 0 Å². The molecule has 1 amide bonds. The number of ether oxygens (including phenoxy) is 1. The molecule has 2 heterocycles. The van der Waals surface area contributed by atoms with Crippen molar-refractivity contribution in [1.82, 2.24) is 14.9 Å². The predicted molar refractivity (Wildman–Crippen MR) is 110 cm³/mol. The summed E-state index contributed by atoms with van der Waals surface area (Å²) in [5.74, 6) is 1.34. The van der Waals surface area contributed by atoms with Crippen LogP contribution < -0.4 is 15.5 Å². The van der Waals surface area contributed by atoms with Gasteiger partial charge in [0, 0.05) is 10.7 Å². The smallest absolute Gasteiger partial charge is 0.240 e. The number of aryl methyl sites for hydroxylation is 1. The fourth-order valence-corrected chi connectivity index (χ4v) is 4.32. The van der Waals surface area contributed by atoms with Crippen molar-refractivity contribution in [2.75, 3.05) is 17.9 Å². The molecule has 4 rings (SSSR count). The minimum absolute atomic E-state index is 0.146. The molecule has 3 aromatic rings. The maximum atomic E-state index is 13.1. The lowest BCUT2D eigenvalue weighted by molar-refractivity contribution is -0.116. The summed E-state index contributed by atoms with van der Waals surface area (Å²) < 4.78 is 7.05. The van der Waals surface area contributed by atoms with Crippen molar-refractivity contribution < 1.29 is 9.53 Å². The standard InChI is InChI=1S/C19H18ClN5O2S/c1-11-22-23-19-25(11)24-16(12-6-8-15(27-2)9-7-12)17(28-19)18(26)21-14-5-3-4-13(20)10-14/h3-10,16-17,24H,1-2H3,(H,21,26)/t16-,17-/m1/s1. The van der Waals surface area contributed by atoms with Crippen molar-refractivity contribution in [3.63, 3.8) is 0 Å². The zero-order valence-electron chi connectivity index (χ0n) is 15.2. The lowest BCUT2D eigenvalue weighted by Gasteiger charge is -2.32. The van der Waals surface area contributed by atoms with Crippen LogP contribution in [0.1, 0.15) is 17.4 Å². The summed E-state index contributed by atoms with van der Waals surface area (Å²) in [6.07, 6.45) is 0. The number of anilines is 1. The molecule has 0 aliphatic carbocycles. The first-order valence-corrected chi connectivity index (χ1v) is 9.86. The quantitative estimate of drug-likeness (QED) is 0.677. The largest absolute Gasteiger partial charge is 0.497 e. The Labute approximate surface area is 171 Å². The average molecular weight is 416 g/mol. The first kappa shape index (κ1) is 18.6. The van der Waals surface area contributed by atoms with Gasteiger partial charge in [-0.15, -0.1) is 10.2 Å². The minimum atomic E-state index is -0.455. The second kappa shape index (κ2) is 7.73. The van der Waals surface area contributed by atoms with Gasteiger partial charge >= 0.3 is 0 Å². The van der Waals surface area contributed by atoms with Gasteiger partial charge in [0.25, 0.3) is 0 Å². The molecule has 9 heteroatoms. The Morgan fingerprint density at radius 3 is 2.75 bits per heavy atom. The van der Waals surface area contributed by atoms with E-state index >= 15 is 0 Å². The summed E-state index contributed by atoms with van der Waals surface area (Å²) in [6.45, 7) is 1.86. The van der Waals surface area contributed by atoms with Gasteiger partial charge in [0.2, 0.25) is 11.1 Å². The van der Waals surface area contributed by atoms with Gasteiger partial charge in [-0.25, -0.2) is 4.68 Å². The van der Waals surface area contributed by atoms with E-state index in [1.165, 1.54) is 11.8 Å². The first-order valence-electron chi connectivity index (χ1n) is 8.61. The van der Waals surface area contributed by atoms with E-state index in [0.29, 0.717) is 15.9 Å². The molecule has 7 nitrogen and oxygen atoms in total. The van der Waals surface area contributed by atoms with Gasteiger partial charge in [0.05, 0.1) is 13.2 Å².